The molecule has 0 unspecified atom stereocenters. The van der Waals surface area contributed by atoms with Crippen LogP contribution in [0, 0.1) is 5.82 Å². The quantitative estimate of drug-likeness (QED) is 0.490. The number of aromatic nitrogens is 2. The van der Waals surface area contributed by atoms with Gasteiger partial charge in [0, 0.05) is 24.6 Å². The van der Waals surface area contributed by atoms with Gasteiger partial charge < -0.3 is 10.6 Å². The monoisotopic (exact) mass is 440 g/mol. The molecular weight excluding hydrogens is 415 g/mol. The second-order valence-electron chi connectivity index (χ2n) is 7.31. The van der Waals surface area contributed by atoms with Crippen molar-refractivity contribution >= 4 is 28.8 Å². The van der Waals surface area contributed by atoms with Gasteiger partial charge in [-0.3, -0.25) is 9.59 Å². The van der Waals surface area contributed by atoms with Crippen LogP contribution in [0.3, 0.4) is 0 Å². The lowest BCUT2D eigenvalue weighted by molar-refractivity contribution is -0.121. The van der Waals surface area contributed by atoms with Gasteiger partial charge >= 0.3 is 0 Å². The minimum absolute atomic E-state index is 0.00847. The first-order valence-electron chi connectivity index (χ1n) is 10.2. The Labute approximate surface area is 184 Å². The Morgan fingerprint density at radius 1 is 1.06 bits per heavy atom. The molecule has 2 aromatic carbocycles. The summed E-state index contributed by atoms with van der Waals surface area (Å²) in [4.78, 5) is 24.4. The van der Waals surface area contributed by atoms with Gasteiger partial charge in [-0.15, -0.1) is 10.2 Å². The topological polar surface area (TPSA) is 84.0 Å². The number of carbonyl (C=O) groups excluding carboxylic acids is 2. The standard InChI is InChI=1S/C23H25FN4O2S/c1-16(13-14-17-7-3-2-4-8-17)25-20(29)11-6-12-21-27-28-23(31-21)22(30)26-19-10-5-9-18(24)15-19/h2-5,7-10,15-16H,6,11-14H2,1H3,(H,25,29)(H,26,30)/t16-/m1/s1. The highest BCUT2D eigenvalue weighted by Gasteiger charge is 2.14. The van der Waals surface area contributed by atoms with Crippen LogP contribution in [0.2, 0.25) is 0 Å². The van der Waals surface area contributed by atoms with Crippen molar-refractivity contribution in [2.24, 2.45) is 0 Å². The molecule has 8 heteroatoms. The summed E-state index contributed by atoms with van der Waals surface area (Å²) in [7, 11) is 0. The molecular formula is C23H25FN4O2S. The summed E-state index contributed by atoms with van der Waals surface area (Å²) in [5.41, 5.74) is 1.62. The Morgan fingerprint density at radius 3 is 2.65 bits per heavy atom. The fourth-order valence-electron chi connectivity index (χ4n) is 3.04. The molecule has 162 valence electrons. The second-order valence-corrected chi connectivity index (χ2v) is 8.37. The van der Waals surface area contributed by atoms with Crippen molar-refractivity contribution in [1.82, 2.24) is 15.5 Å². The molecule has 1 aromatic heterocycles. The van der Waals surface area contributed by atoms with Crippen LogP contribution in [0.1, 0.15) is 46.6 Å². The number of carbonyl (C=O) groups is 2. The fourth-order valence-corrected chi connectivity index (χ4v) is 3.82. The first-order valence-corrected chi connectivity index (χ1v) is 11.0. The molecule has 3 aromatic rings. The van der Waals surface area contributed by atoms with E-state index in [0.29, 0.717) is 30.0 Å². The second kappa shape index (κ2) is 11.3. The highest BCUT2D eigenvalue weighted by Crippen LogP contribution is 2.16. The molecule has 0 saturated heterocycles. The summed E-state index contributed by atoms with van der Waals surface area (Å²) in [5.74, 6) is -0.850. The van der Waals surface area contributed by atoms with Crippen LogP contribution in [0.25, 0.3) is 0 Å². The maximum Gasteiger partial charge on any atom is 0.286 e. The van der Waals surface area contributed by atoms with E-state index in [1.54, 1.807) is 6.07 Å². The van der Waals surface area contributed by atoms with Crippen molar-refractivity contribution in [3.8, 4) is 0 Å². The lowest BCUT2D eigenvalue weighted by Crippen LogP contribution is -2.32. The number of nitrogens with one attached hydrogen (secondary N) is 2. The molecule has 0 saturated carbocycles. The van der Waals surface area contributed by atoms with Crippen molar-refractivity contribution in [1.29, 1.82) is 0 Å². The van der Waals surface area contributed by atoms with Crippen molar-refractivity contribution in [3.63, 3.8) is 0 Å². The van der Waals surface area contributed by atoms with E-state index in [-0.39, 0.29) is 17.0 Å². The molecule has 0 spiro atoms. The van der Waals surface area contributed by atoms with Gasteiger partial charge in [-0.2, -0.15) is 0 Å². The number of benzene rings is 2. The summed E-state index contributed by atoms with van der Waals surface area (Å²) in [5, 5.41) is 14.4. The first-order chi connectivity index (χ1) is 15.0. The third-order valence-electron chi connectivity index (χ3n) is 4.65. The van der Waals surface area contributed by atoms with Crippen LogP contribution in [-0.4, -0.2) is 28.1 Å². The summed E-state index contributed by atoms with van der Waals surface area (Å²) >= 11 is 1.18. The average Bonchev–Trinajstić information content (AvgIpc) is 3.22. The zero-order chi connectivity index (χ0) is 22.1. The highest BCUT2D eigenvalue weighted by molar-refractivity contribution is 7.13. The van der Waals surface area contributed by atoms with E-state index in [0.717, 1.165) is 12.8 Å². The van der Waals surface area contributed by atoms with Crippen molar-refractivity contribution < 1.29 is 14.0 Å². The molecule has 2 amide bonds. The molecule has 0 bridgehead atoms. The van der Waals surface area contributed by atoms with Crippen molar-refractivity contribution in [2.75, 3.05) is 5.32 Å². The maximum absolute atomic E-state index is 13.2. The average molecular weight is 441 g/mol. The van der Waals surface area contributed by atoms with Gasteiger partial charge in [-0.1, -0.05) is 47.7 Å². The van der Waals surface area contributed by atoms with E-state index in [9.17, 15) is 14.0 Å². The van der Waals surface area contributed by atoms with Crippen LogP contribution >= 0.6 is 11.3 Å². The van der Waals surface area contributed by atoms with E-state index in [1.165, 1.54) is 35.1 Å². The fraction of sp³-hybridized carbons (Fsp3) is 0.304. The van der Waals surface area contributed by atoms with Crippen LogP contribution in [-0.2, 0) is 17.6 Å². The summed E-state index contributed by atoms with van der Waals surface area (Å²) in [6.07, 6.45) is 3.39. The number of amides is 2. The largest absolute Gasteiger partial charge is 0.354 e. The Hall–Kier alpha value is -3.13. The van der Waals surface area contributed by atoms with E-state index in [1.807, 2.05) is 25.1 Å². The van der Waals surface area contributed by atoms with Gasteiger partial charge in [0.1, 0.15) is 10.8 Å². The minimum Gasteiger partial charge on any atom is -0.354 e. The van der Waals surface area contributed by atoms with Crippen molar-refractivity contribution in [2.45, 2.75) is 45.1 Å². The SMILES string of the molecule is C[C@H](CCc1ccccc1)NC(=O)CCCc1nnc(C(=O)Nc2cccc(F)c2)s1. The highest BCUT2D eigenvalue weighted by atomic mass is 32.1. The number of rotatable bonds is 10. The molecule has 0 radical (unpaired) electrons. The smallest absolute Gasteiger partial charge is 0.286 e. The van der Waals surface area contributed by atoms with Crippen LogP contribution < -0.4 is 10.6 Å². The summed E-state index contributed by atoms with van der Waals surface area (Å²) < 4.78 is 13.2. The summed E-state index contributed by atoms with van der Waals surface area (Å²) in [6.45, 7) is 2.01. The predicted octanol–water partition coefficient (Wildman–Crippen LogP) is 4.39. The van der Waals surface area contributed by atoms with E-state index in [2.05, 4.69) is 33.0 Å². The number of hydrogen-bond donors (Lipinski definition) is 2. The van der Waals surface area contributed by atoms with E-state index < -0.39 is 11.7 Å². The Kier molecular flexibility index (Phi) is 8.23. The number of hydrogen-bond acceptors (Lipinski definition) is 5. The Balaban J connectivity index is 1.37. The molecule has 0 aliphatic heterocycles. The van der Waals surface area contributed by atoms with Gasteiger partial charge in [-0.05, 0) is 49.9 Å². The maximum atomic E-state index is 13.2. The first kappa shape index (κ1) is 22.6. The number of aryl methyl sites for hydroxylation is 2. The van der Waals surface area contributed by atoms with Crippen LogP contribution in [0.5, 0.6) is 0 Å². The third-order valence-corrected chi connectivity index (χ3v) is 5.64. The lowest BCUT2D eigenvalue weighted by atomic mass is 10.1. The van der Waals surface area contributed by atoms with Gasteiger partial charge in [-0.25, -0.2) is 4.39 Å². The Bertz CT molecular complexity index is 1010. The number of anilines is 1. The zero-order valence-electron chi connectivity index (χ0n) is 17.3. The predicted molar refractivity (Wildman–Crippen MR) is 120 cm³/mol. The van der Waals surface area contributed by atoms with Gasteiger partial charge in [0.15, 0.2) is 0 Å². The normalized spacial score (nSPS) is 11.7. The molecule has 1 heterocycles. The molecule has 3 rings (SSSR count). The van der Waals surface area contributed by atoms with Crippen LogP contribution in [0.15, 0.2) is 54.6 Å². The summed E-state index contributed by atoms with van der Waals surface area (Å²) in [6, 6.07) is 16.0. The van der Waals surface area contributed by atoms with Gasteiger partial charge in [0.05, 0.1) is 0 Å². The molecule has 6 nitrogen and oxygen atoms in total. The van der Waals surface area contributed by atoms with Crippen molar-refractivity contribution in [3.05, 3.63) is 76.0 Å². The number of halogens is 1. The van der Waals surface area contributed by atoms with Crippen LogP contribution in [0.4, 0.5) is 10.1 Å². The molecule has 31 heavy (non-hydrogen) atoms. The minimum atomic E-state index is -0.431. The van der Waals surface area contributed by atoms with Gasteiger partial charge in [0.2, 0.25) is 10.9 Å². The lowest BCUT2D eigenvalue weighted by Gasteiger charge is -2.13. The molecule has 1 atom stereocenters. The van der Waals surface area contributed by atoms with E-state index >= 15 is 0 Å². The molecule has 2 N–H and O–H groups in total. The van der Waals surface area contributed by atoms with E-state index in [4.69, 9.17) is 0 Å². The zero-order valence-corrected chi connectivity index (χ0v) is 18.1. The molecule has 0 aliphatic rings. The molecule has 0 fully saturated rings. The Morgan fingerprint density at radius 2 is 1.87 bits per heavy atom. The molecule has 0 aliphatic carbocycles. The number of nitrogens with zero attached hydrogens (tertiary/aromatic N) is 2. The van der Waals surface area contributed by atoms with Gasteiger partial charge in [0.25, 0.3) is 5.91 Å². The third kappa shape index (κ3) is 7.57.